The Hall–Kier alpha value is -2.26. The van der Waals surface area contributed by atoms with E-state index in [0.29, 0.717) is 12.4 Å². The van der Waals surface area contributed by atoms with Gasteiger partial charge in [-0.3, -0.25) is 4.90 Å². The van der Waals surface area contributed by atoms with Gasteiger partial charge < -0.3 is 19.1 Å². The lowest BCUT2D eigenvalue weighted by Crippen LogP contribution is -2.46. The number of hydrogen-bond acceptors (Lipinski definition) is 9. The highest BCUT2D eigenvalue weighted by atomic mass is 16.5. The van der Waals surface area contributed by atoms with Crippen molar-refractivity contribution in [3.05, 3.63) is 24.1 Å². The Kier molecular flexibility index (Phi) is 5.49. The van der Waals surface area contributed by atoms with Crippen molar-refractivity contribution in [1.29, 1.82) is 0 Å². The maximum absolute atomic E-state index is 5.42. The molecule has 2 saturated heterocycles. The summed E-state index contributed by atoms with van der Waals surface area (Å²) in [5.74, 6) is 3.74. The maximum atomic E-state index is 5.42. The van der Waals surface area contributed by atoms with Gasteiger partial charge in [-0.2, -0.15) is 4.98 Å². The van der Waals surface area contributed by atoms with Crippen LogP contribution in [-0.2, 0) is 11.3 Å². The molecule has 2 fully saturated rings. The number of piperazine rings is 1. The number of morpholine rings is 1. The van der Waals surface area contributed by atoms with Crippen LogP contribution in [0.3, 0.4) is 0 Å². The maximum Gasteiger partial charge on any atom is 0.240 e. The number of hydrogen-bond donors (Lipinski definition) is 0. The first-order chi connectivity index (χ1) is 13.2. The fraction of sp³-hybridized carbons (Fsp3) is 0.667. The molecule has 0 radical (unpaired) electrons. The fourth-order valence-electron chi connectivity index (χ4n) is 3.37. The Labute approximate surface area is 159 Å². The molecule has 0 saturated carbocycles. The van der Waals surface area contributed by atoms with Crippen LogP contribution in [0, 0.1) is 0 Å². The SMILES string of the molecule is CC(C)c1noc(CN2CCN(c3cc(N4CCOCC4)ncn3)CC2)n1. The minimum atomic E-state index is 0.290. The third-order valence-electron chi connectivity index (χ3n) is 5.03. The summed E-state index contributed by atoms with van der Waals surface area (Å²) in [5.41, 5.74) is 0. The minimum absolute atomic E-state index is 0.290. The van der Waals surface area contributed by atoms with Gasteiger partial charge in [0.15, 0.2) is 5.82 Å². The van der Waals surface area contributed by atoms with E-state index in [-0.39, 0.29) is 5.92 Å². The topological polar surface area (TPSA) is 83.7 Å². The number of ether oxygens (including phenoxy) is 1. The molecule has 4 heterocycles. The third kappa shape index (κ3) is 4.36. The van der Waals surface area contributed by atoms with Crippen molar-refractivity contribution in [2.45, 2.75) is 26.3 Å². The highest BCUT2D eigenvalue weighted by Crippen LogP contribution is 2.20. The van der Waals surface area contributed by atoms with Gasteiger partial charge in [-0.1, -0.05) is 19.0 Å². The van der Waals surface area contributed by atoms with E-state index in [1.165, 1.54) is 0 Å². The molecule has 0 unspecified atom stereocenters. The van der Waals surface area contributed by atoms with Crippen molar-refractivity contribution in [3.8, 4) is 0 Å². The molecule has 0 bridgehead atoms. The molecule has 4 rings (SSSR count). The Morgan fingerprint density at radius 3 is 2.26 bits per heavy atom. The van der Waals surface area contributed by atoms with E-state index in [1.54, 1.807) is 6.33 Å². The van der Waals surface area contributed by atoms with E-state index in [0.717, 1.165) is 69.9 Å². The van der Waals surface area contributed by atoms with Gasteiger partial charge in [-0.15, -0.1) is 0 Å². The standard InChI is InChI=1S/C18H27N7O2/c1-14(2)18-21-17(27-22-18)12-23-3-5-24(6-4-23)15-11-16(20-13-19-15)25-7-9-26-10-8-25/h11,13-14H,3-10,12H2,1-2H3. The van der Waals surface area contributed by atoms with E-state index < -0.39 is 0 Å². The highest BCUT2D eigenvalue weighted by Gasteiger charge is 2.22. The fourth-order valence-corrected chi connectivity index (χ4v) is 3.37. The van der Waals surface area contributed by atoms with Crippen LogP contribution in [0.1, 0.15) is 31.5 Å². The number of nitrogens with zero attached hydrogens (tertiary/aromatic N) is 7. The normalized spacial score (nSPS) is 19.1. The molecule has 9 heteroatoms. The summed E-state index contributed by atoms with van der Waals surface area (Å²) in [5, 5.41) is 4.04. The molecule has 2 aliphatic rings. The van der Waals surface area contributed by atoms with Gasteiger partial charge in [-0.05, 0) is 0 Å². The van der Waals surface area contributed by atoms with Gasteiger partial charge in [-0.25, -0.2) is 9.97 Å². The number of aromatic nitrogens is 4. The van der Waals surface area contributed by atoms with E-state index in [9.17, 15) is 0 Å². The van der Waals surface area contributed by atoms with Crippen LogP contribution in [0.2, 0.25) is 0 Å². The lowest BCUT2D eigenvalue weighted by molar-refractivity contribution is 0.122. The number of anilines is 2. The second-order valence-electron chi connectivity index (χ2n) is 7.30. The first-order valence-corrected chi connectivity index (χ1v) is 9.63. The second kappa shape index (κ2) is 8.18. The zero-order valence-corrected chi connectivity index (χ0v) is 16.0. The zero-order valence-electron chi connectivity index (χ0n) is 16.0. The predicted octanol–water partition coefficient (Wildman–Crippen LogP) is 1.14. The average molecular weight is 373 g/mol. The molecule has 27 heavy (non-hydrogen) atoms. The molecule has 2 aromatic rings. The van der Waals surface area contributed by atoms with Crippen LogP contribution < -0.4 is 9.80 Å². The summed E-state index contributed by atoms with van der Waals surface area (Å²) in [6, 6.07) is 2.09. The molecule has 2 aromatic heterocycles. The molecule has 2 aliphatic heterocycles. The largest absolute Gasteiger partial charge is 0.378 e. The molecule has 0 atom stereocenters. The van der Waals surface area contributed by atoms with E-state index in [1.807, 2.05) is 0 Å². The van der Waals surface area contributed by atoms with Crippen LogP contribution in [-0.4, -0.2) is 77.5 Å². The Bertz CT molecular complexity index is 737. The molecule has 0 amide bonds. The first kappa shape index (κ1) is 18.1. The summed E-state index contributed by atoms with van der Waals surface area (Å²) in [7, 11) is 0. The lowest BCUT2D eigenvalue weighted by Gasteiger charge is -2.35. The van der Waals surface area contributed by atoms with Gasteiger partial charge in [0.1, 0.15) is 18.0 Å². The smallest absolute Gasteiger partial charge is 0.240 e. The summed E-state index contributed by atoms with van der Waals surface area (Å²) in [4.78, 5) is 20.3. The molecule has 146 valence electrons. The monoisotopic (exact) mass is 373 g/mol. The molecule has 0 spiro atoms. The van der Waals surface area contributed by atoms with Crippen LogP contribution >= 0.6 is 0 Å². The molecular formula is C18H27N7O2. The van der Waals surface area contributed by atoms with Gasteiger partial charge in [0.25, 0.3) is 0 Å². The average Bonchev–Trinajstić information content (AvgIpc) is 3.18. The van der Waals surface area contributed by atoms with Crippen molar-refractivity contribution in [1.82, 2.24) is 25.0 Å². The third-order valence-corrected chi connectivity index (χ3v) is 5.03. The molecule has 9 nitrogen and oxygen atoms in total. The molecule has 0 aromatic carbocycles. The zero-order chi connectivity index (χ0) is 18.6. The Morgan fingerprint density at radius 1 is 0.963 bits per heavy atom. The van der Waals surface area contributed by atoms with Crippen molar-refractivity contribution in [2.24, 2.45) is 0 Å². The van der Waals surface area contributed by atoms with Crippen LogP contribution in [0.15, 0.2) is 16.9 Å². The van der Waals surface area contributed by atoms with Crippen LogP contribution in [0.5, 0.6) is 0 Å². The van der Waals surface area contributed by atoms with Crippen molar-refractivity contribution in [3.63, 3.8) is 0 Å². The summed E-state index contributed by atoms with van der Waals surface area (Å²) in [6.07, 6.45) is 1.67. The van der Waals surface area contributed by atoms with Crippen LogP contribution in [0.25, 0.3) is 0 Å². The summed E-state index contributed by atoms with van der Waals surface area (Å²) >= 11 is 0. The van der Waals surface area contributed by atoms with E-state index >= 15 is 0 Å². The van der Waals surface area contributed by atoms with Gasteiger partial charge in [0.2, 0.25) is 5.89 Å². The second-order valence-corrected chi connectivity index (χ2v) is 7.30. The van der Waals surface area contributed by atoms with Gasteiger partial charge in [0, 0.05) is 51.3 Å². The molecule has 0 N–H and O–H groups in total. The lowest BCUT2D eigenvalue weighted by atomic mass is 10.2. The molecule has 0 aliphatic carbocycles. The molecular weight excluding hydrogens is 346 g/mol. The number of rotatable bonds is 5. The first-order valence-electron chi connectivity index (χ1n) is 9.63. The summed E-state index contributed by atoms with van der Waals surface area (Å²) < 4.78 is 10.8. The van der Waals surface area contributed by atoms with Crippen LogP contribution in [0.4, 0.5) is 11.6 Å². The highest BCUT2D eigenvalue weighted by molar-refractivity contribution is 5.50. The Balaban J connectivity index is 1.33. The van der Waals surface area contributed by atoms with Crippen molar-refractivity contribution in [2.75, 3.05) is 62.3 Å². The van der Waals surface area contributed by atoms with E-state index in [2.05, 4.69) is 54.7 Å². The van der Waals surface area contributed by atoms with Crippen molar-refractivity contribution >= 4 is 11.6 Å². The van der Waals surface area contributed by atoms with Gasteiger partial charge >= 0.3 is 0 Å². The minimum Gasteiger partial charge on any atom is -0.378 e. The van der Waals surface area contributed by atoms with E-state index in [4.69, 9.17) is 9.26 Å². The van der Waals surface area contributed by atoms with Crippen molar-refractivity contribution < 1.29 is 9.26 Å². The summed E-state index contributed by atoms with van der Waals surface area (Å²) in [6.45, 7) is 11.8. The predicted molar refractivity (Wildman–Crippen MR) is 101 cm³/mol. The quantitative estimate of drug-likeness (QED) is 0.766. The van der Waals surface area contributed by atoms with Gasteiger partial charge in [0.05, 0.1) is 19.8 Å². The Morgan fingerprint density at radius 2 is 1.63 bits per heavy atom.